The Kier molecular flexibility index (Phi) is 6.20. The minimum atomic E-state index is -0.243. The number of fused-ring (bicyclic) bond motifs is 1. The fourth-order valence-electron chi connectivity index (χ4n) is 4.40. The predicted octanol–water partition coefficient (Wildman–Crippen LogP) is 3.24. The van der Waals surface area contributed by atoms with Crippen molar-refractivity contribution in [2.45, 2.75) is 54.4 Å². The summed E-state index contributed by atoms with van der Waals surface area (Å²) in [5.74, 6) is 1.41. The van der Waals surface area contributed by atoms with Crippen molar-refractivity contribution in [3.63, 3.8) is 0 Å². The maximum Gasteiger partial charge on any atom is 0.257 e. The summed E-state index contributed by atoms with van der Waals surface area (Å²) >= 11 is 0. The van der Waals surface area contributed by atoms with Gasteiger partial charge in [-0.1, -0.05) is 27.7 Å². The van der Waals surface area contributed by atoms with Crippen LogP contribution in [0, 0.1) is 37.0 Å². The van der Waals surface area contributed by atoms with E-state index in [1.54, 1.807) is 22.7 Å². The second-order valence-corrected chi connectivity index (χ2v) is 10.0. The van der Waals surface area contributed by atoms with Gasteiger partial charge in [0.05, 0.1) is 23.1 Å². The molecule has 1 aliphatic carbocycles. The van der Waals surface area contributed by atoms with Crippen molar-refractivity contribution < 1.29 is 9.59 Å². The van der Waals surface area contributed by atoms with Gasteiger partial charge in [-0.3, -0.25) is 9.59 Å². The monoisotopic (exact) mass is 413 g/mol. The summed E-state index contributed by atoms with van der Waals surface area (Å²) < 4.78 is 1.70. The predicted molar refractivity (Wildman–Crippen MR) is 117 cm³/mol. The summed E-state index contributed by atoms with van der Waals surface area (Å²) in [5, 5.41) is 7.38. The van der Waals surface area contributed by atoms with Gasteiger partial charge in [-0.05, 0) is 43.9 Å². The van der Waals surface area contributed by atoms with Crippen molar-refractivity contribution in [1.29, 1.82) is 0 Å². The van der Waals surface area contributed by atoms with Crippen LogP contribution in [0.3, 0.4) is 0 Å². The van der Waals surface area contributed by atoms with E-state index in [2.05, 4.69) is 43.1 Å². The van der Waals surface area contributed by atoms with E-state index >= 15 is 0 Å². The molecule has 2 aromatic heterocycles. The molecule has 1 N–H and O–H groups in total. The lowest BCUT2D eigenvalue weighted by Gasteiger charge is -2.31. The minimum Gasteiger partial charge on any atom is -0.355 e. The number of hydrogen-bond donors (Lipinski definition) is 1. The Bertz CT molecular complexity index is 946. The quantitative estimate of drug-likeness (QED) is 0.720. The van der Waals surface area contributed by atoms with Crippen molar-refractivity contribution in [3.8, 4) is 0 Å². The van der Waals surface area contributed by atoms with Gasteiger partial charge in [0.1, 0.15) is 0 Å². The lowest BCUT2D eigenvalue weighted by molar-refractivity contribution is -0.123. The van der Waals surface area contributed by atoms with Crippen LogP contribution in [0.25, 0.3) is 5.65 Å². The van der Waals surface area contributed by atoms with Gasteiger partial charge in [0.2, 0.25) is 5.91 Å². The lowest BCUT2D eigenvalue weighted by atomic mass is 9.92. The fourth-order valence-corrected chi connectivity index (χ4v) is 4.40. The van der Waals surface area contributed by atoms with Crippen LogP contribution in [0.2, 0.25) is 0 Å². The second kappa shape index (κ2) is 8.36. The van der Waals surface area contributed by atoms with E-state index in [9.17, 15) is 9.59 Å². The van der Waals surface area contributed by atoms with Gasteiger partial charge in [-0.15, -0.1) is 0 Å². The van der Waals surface area contributed by atoms with Crippen LogP contribution >= 0.6 is 0 Å². The molecule has 2 atom stereocenters. The van der Waals surface area contributed by atoms with E-state index in [4.69, 9.17) is 0 Å². The Morgan fingerprint density at radius 3 is 2.70 bits per heavy atom. The summed E-state index contributed by atoms with van der Waals surface area (Å²) in [4.78, 5) is 31.9. The van der Waals surface area contributed by atoms with E-state index in [1.807, 2.05) is 19.9 Å². The average Bonchev–Trinajstić information content (AvgIpc) is 3.23. The highest BCUT2D eigenvalue weighted by Gasteiger charge is 2.43. The number of hydrogen-bond acceptors (Lipinski definition) is 4. The SMILES string of the molecule is Cc1nc2ccnn2c(C)c1C(=O)N(C)CC(C)(C)CNC(=O)[C@@H]1C[C@H]1CC(C)C. The first-order valence-corrected chi connectivity index (χ1v) is 10.8. The third-order valence-electron chi connectivity index (χ3n) is 5.95. The maximum absolute atomic E-state index is 13.2. The van der Waals surface area contributed by atoms with Crippen LogP contribution in [0.4, 0.5) is 0 Å². The average molecular weight is 414 g/mol. The largest absolute Gasteiger partial charge is 0.355 e. The van der Waals surface area contributed by atoms with Crippen LogP contribution < -0.4 is 5.32 Å². The first-order chi connectivity index (χ1) is 14.0. The second-order valence-electron chi connectivity index (χ2n) is 10.0. The third kappa shape index (κ3) is 4.82. The van der Waals surface area contributed by atoms with Crippen molar-refractivity contribution in [1.82, 2.24) is 24.8 Å². The molecule has 0 aliphatic heterocycles. The molecule has 0 saturated heterocycles. The molecule has 0 bridgehead atoms. The molecule has 0 radical (unpaired) electrons. The Morgan fingerprint density at radius 1 is 1.33 bits per heavy atom. The summed E-state index contributed by atoms with van der Waals surface area (Å²) in [5.41, 5.74) is 2.57. The number of nitrogens with one attached hydrogen (secondary N) is 1. The molecule has 2 amide bonds. The molecule has 2 heterocycles. The van der Waals surface area contributed by atoms with E-state index in [-0.39, 0.29) is 23.1 Å². The summed E-state index contributed by atoms with van der Waals surface area (Å²) in [6, 6.07) is 1.83. The molecule has 7 heteroatoms. The molecule has 0 aromatic carbocycles. The maximum atomic E-state index is 13.2. The van der Waals surface area contributed by atoms with Gasteiger partial charge in [0.15, 0.2) is 5.65 Å². The van der Waals surface area contributed by atoms with Gasteiger partial charge < -0.3 is 10.2 Å². The molecule has 3 rings (SSSR count). The Labute approximate surface area is 179 Å². The number of aromatic nitrogens is 3. The number of nitrogens with zero attached hydrogens (tertiary/aromatic N) is 4. The zero-order valence-corrected chi connectivity index (χ0v) is 19.3. The van der Waals surface area contributed by atoms with Crippen LogP contribution in [0.5, 0.6) is 0 Å². The van der Waals surface area contributed by atoms with Crippen LogP contribution in [-0.4, -0.2) is 51.4 Å². The number of amides is 2. The molecule has 164 valence electrons. The van der Waals surface area contributed by atoms with Gasteiger partial charge in [-0.2, -0.15) is 5.10 Å². The highest BCUT2D eigenvalue weighted by Crippen LogP contribution is 2.43. The summed E-state index contributed by atoms with van der Waals surface area (Å²) in [6.45, 7) is 13.4. The van der Waals surface area contributed by atoms with E-state index in [1.165, 1.54) is 0 Å². The molecule has 1 aliphatic rings. The normalized spacial score (nSPS) is 18.7. The van der Waals surface area contributed by atoms with Gasteiger partial charge >= 0.3 is 0 Å². The lowest BCUT2D eigenvalue weighted by Crippen LogP contribution is -2.43. The molecular weight excluding hydrogens is 378 g/mol. The van der Waals surface area contributed by atoms with Crippen molar-refractivity contribution in [2.75, 3.05) is 20.1 Å². The van der Waals surface area contributed by atoms with Crippen molar-refractivity contribution in [3.05, 3.63) is 29.2 Å². The fraction of sp³-hybridized carbons (Fsp3) is 0.652. The Hall–Kier alpha value is -2.44. The molecule has 1 fully saturated rings. The van der Waals surface area contributed by atoms with Crippen molar-refractivity contribution >= 4 is 17.5 Å². The molecular formula is C23H35N5O2. The van der Waals surface area contributed by atoms with Gasteiger partial charge in [0.25, 0.3) is 5.91 Å². The van der Waals surface area contributed by atoms with Crippen LogP contribution in [-0.2, 0) is 4.79 Å². The smallest absolute Gasteiger partial charge is 0.257 e. The highest BCUT2D eigenvalue weighted by atomic mass is 16.2. The number of rotatable bonds is 8. The molecule has 7 nitrogen and oxygen atoms in total. The molecule has 1 saturated carbocycles. The number of carbonyl (C=O) groups is 2. The van der Waals surface area contributed by atoms with E-state index in [0.29, 0.717) is 36.2 Å². The van der Waals surface area contributed by atoms with Crippen LogP contribution in [0.1, 0.15) is 62.3 Å². The van der Waals surface area contributed by atoms with Crippen LogP contribution in [0.15, 0.2) is 12.3 Å². The molecule has 30 heavy (non-hydrogen) atoms. The third-order valence-corrected chi connectivity index (χ3v) is 5.95. The zero-order valence-electron chi connectivity index (χ0n) is 19.3. The first kappa shape index (κ1) is 22.2. The summed E-state index contributed by atoms with van der Waals surface area (Å²) in [7, 11) is 1.80. The van der Waals surface area contributed by atoms with Crippen molar-refractivity contribution in [2.24, 2.45) is 23.2 Å². The topological polar surface area (TPSA) is 79.6 Å². The first-order valence-electron chi connectivity index (χ1n) is 10.8. The Balaban J connectivity index is 1.60. The number of carbonyl (C=O) groups excluding carboxylic acids is 2. The Morgan fingerprint density at radius 2 is 2.03 bits per heavy atom. The van der Waals surface area contributed by atoms with Gasteiger partial charge in [-0.25, -0.2) is 9.50 Å². The van der Waals surface area contributed by atoms with E-state index < -0.39 is 0 Å². The molecule has 0 unspecified atom stereocenters. The highest BCUT2D eigenvalue weighted by molar-refractivity contribution is 5.96. The molecule has 2 aromatic rings. The standard InChI is InChI=1S/C23H35N5O2/c1-14(2)10-17-11-18(17)21(29)24-12-23(5,6)13-27(7)22(30)20-15(3)26-19-8-9-25-28(19)16(20)4/h8-9,14,17-18H,10-13H2,1-7H3,(H,24,29)/t17-,18-/m1/s1. The van der Waals surface area contributed by atoms with Gasteiger partial charge in [0, 0.05) is 32.1 Å². The summed E-state index contributed by atoms with van der Waals surface area (Å²) in [6.07, 6.45) is 3.81. The minimum absolute atomic E-state index is 0.0755. The molecule has 0 spiro atoms. The zero-order chi connectivity index (χ0) is 22.2. The van der Waals surface area contributed by atoms with E-state index in [0.717, 1.165) is 24.2 Å². The number of aryl methyl sites for hydroxylation is 2.